The van der Waals surface area contributed by atoms with E-state index in [0.29, 0.717) is 0 Å². The third-order valence-electron chi connectivity index (χ3n) is 15.3. The maximum Gasteiger partial charge on any atom is -0.00921 e. The minimum absolute atomic E-state index is 1.24. The zero-order chi connectivity index (χ0) is 46.3. The lowest BCUT2D eigenvalue weighted by Crippen LogP contribution is -1.96. The third-order valence-corrected chi connectivity index (χ3v) is 15.3. The van der Waals surface area contributed by atoms with Gasteiger partial charge >= 0.3 is 0 Å². The SMILES string of the molecule is Cc1ccc(-c2cc3c4cc(-c5ccc(C)c(C)c5)c(-c5ccc(C)c(C)c5)cc4c4cc(-c5ccc(C)c(C)c5)c(-c5ccc(C)c(C)c5)cc4c3cc2-c2ccc(C)c(C)c2)cc1C. The van der Waals surface area contributed by atoms with Gasteiger partial charge in [-0.25, -0.2) is 0 Å². The van der Waals surface area contributed by atoms with Crippen molar-refractivity contribution < 1.29 is 0 Å². The molecule has 0 aliphatic carbocycles. The van der Waals surface area contributed by atoms with Gasteiger partial charge in [0.25, 0.3) is 0 Å². The molecule has 0 nitrogen and oxygen atoms in total. The molecule has 0 amide bonds. The van der Waals surface area contributed by atoms with Gasteiger partial charge in [0.2, 0.25) is 0 Å². The highest BCUT2D eigenvalue weighted by atomic mass is 14.3. The molecule has 0 aliphatic heterocycles. The molecule has 10 aromatic carbocycles. The Hall–Kier alpha value is -7.02. The molecule has 66 heavy (non-hydrogen) atoms. The fourth-order valence-electron chi connectivity index (χ4n) is 10.0. The quantitative estimate of drug-likeness (QED) is 0.146. The van der Waals surface area contributed by atoms with E-state index in [1.807, 2.05) is 0 Å². The summed E-state index contributed by atoms with van der Waals surface area (Å²) in [6.07, 6.45) is 0. The van der Waals surface area contributed by atoms with E-state index in [-0.39, 0.29) is 0 Å². The molecule has 0 heteroatoms. The predicted molar refractivity (Wildman–Crippen MR) is 288 cm³/mol. The molecule has 0 unspecified atom stereocenters. The second-order valence-electron chi connectivity index (χ2n) is 19.6. The fraction of sp³-hybridized carbons (Fsp3) is 0.182. The van der Waals surface area contributed by atoms with Crippen LogP contribution in [0, 0.1) is 83.1 Å². The normalized spacial score (nSPS) is 11.6. The number of rotatable bonds is 6. The number of aryl methyl sites for hydroxylation is 12. The Morgan fingerprint density at radius 2 is 0.288 bits per heavy atom. The van der Waals surface area contributed by atoms with Crippen LogP contribution in [-0.4, -0.2) is 0 Å². The van der Waals surface area contributed by atoms with Gasteiger partial charge in [-0.2, -0.15) is 0 Å². The summed E-state index contributed by atoms with van der Waals surface area (Å²) >= 11 is 0. The first-order valence-corrected chi connectivity index (χ1v) is 23.6. The van der Waals surface area contributed by atoms with Crippen LogP contribution in [0.3, 0.4) is 0 Å². The van der Waals surface area contributed by atoms with Gasteiger partial charge in [-0.3, -0.25) is 0 Å². The molecular formula is C66H60. The molecule has 0 fully saturated rings. The molecule has 10 rings (SSSR count). The van der Waals surface area contributed by atoms with Crippen LogP contribution in [0.5, 0.6) is 0 Å². The first kappa shape index (κ1) is 42.9. The average molecular weight is 853 g/mol. The average Bonchev–Trinajstić information content (AvgIpc) is 3.30. The molecular weight excluding hydrogens is 793 g/mol. The van der Waals surface area contributed by atoms with Crippen molar-refractivity contribution in [3.63, 3.8) is 0 Å². The summed E-state index contributed by atoms with van der Waals surface area (Å²) in [5.41, 5.74) is 30.6. The smallest absolute Gasteiger partial charge is 0.00921 e. The highest BCUT2D eigenvalue weighted by Gasteiger charge is 2.22. The van der Waals surface area contributed by atoms with Crippen molar-refractivity contribution in [3.8, 4) is 66.8 Å². The second-order valence-corrected chi connectivity index (χ2v) is 19.6. The second kappa shape index (κ2) is 16.4. The largest absolute Gasteiger partial charge is 0.0584 e. The number of fused-ring (bicyclic) bond motifs is 6. The Balaban J connectivity index is 1.44. The Kier molecular flexibility index (Phi) is 10.7. The summed E-state index contributed by atoms with van der Waals surface area (Å²) in [6.45, 7) is 26.7. The van der Waals surface area contributed by atoms with Crippen LogP contribution in [0.1, 0.15) is 66.8 Å². The van der Waals surface area contributed by atoms with Crippen LogP contribution in [0.2, 0.25) is 0 Å². The number of benzene rings is 10. The van der Waals surface area contributed by atoms with Crippen LogP contribution >= 0.6 is 0 Å². The summed E-state index contributed by atoms with van der Waals surface area (Å²) in [5.74, 6) is 0. The van der Waals surface area contributed by atoms with Gasteiger partial charge in [0.15, 0.2) is 0 Å². The van der Waals surface area contributed by atoms with Crippen molar-refractivity contribution in [2.45, 2.75) is 83.1 Å². The molecule has 0 atom stereocenters. The highest BCUT2D eigenvalue weighted by Crippen LogP contribution is 2.48. The first-order valence-electron chi connectivity index (χ1n) is 23.6. The van der Waals surface area contributed by atoms with Crippen molar-refractivity contribution in [1.82, 2.24) is 0 Å². The maximum atomic E-state index is 2.53. The summed E-state index contributed by atoms with van der Waals surface area (Å²) in [5, 5.41) is 7.58. The Morgan fingerprint density at radius 1 is 0.152 bits per heavy atom. The Bertz CT molecular complexity index is 2990. The van der Waals surface area contributed by atoms with Crippen molar-refractivity contribution in [3.05, 3.63) is 212 Å². The fourth-order valence-corrected chi connectivity index (χ4v) is 10.0. The number of hydrogen-bond acceptors (Lipinski definition) is 0. The van der Waals surface area contributed by atoms with Crippen LogP contribution in [0.15, 0.2) is 146 Å². The van der Waals surface area contributed by atoms with Gasteiger partial charge in [0.05, 0.1) is 0 Å². The van der Waals surface area contributed by atoms with Crippen LogP contribution < -0.4 is 0 Å². The van der Waals surface area contributed by atoms with E-state index in [1.54, 1.807) is 0 Å². The van der Waals surface area contributed by atoms with E-state index in [2.05, 4.69) is 229 Å². The summed E-state index contributed by atoms with van der Waals surface area (Å²) < 4.78 is 0. The first-order chi connectivity index (χ1) is 31.6. The molecule has 0 radical (unpaired) electrons. The predicted octanol–water partition coefficient (Wildman–Crippen LogP) is 18.8. The summed E-state index contributed by atoms with van der Waals surface area (Å²) in [6, 6.07) is 57.1. The molecule has 0 aromatic heterocycles. The minimum atomic E-state index is 1.24. The van der Waals surface area contributed by atoms with Gasteiger partial charge < -0.3 is 0 Å². The minimum Gasteiger partial charge on any atom is -0.0584 e. The molecule has 324 valence electrons. The molecule has 0 N–H and O–H groups in total. The van der Waals surface area contributed by atoms with Gasteiger partial charge in [-0.05, 0) is 285 Å². The molecule has 0 heterocycles. The maximum absolute atomic E-state index is 2.53. The van der Waals surface area contributed by atoms with Crippen LogP contribution in [-0.2, 0) is 0 Å². The molecule has 0 bridgehead atoms. The Labute approximate surface area is 392 Å². The van der Waals surface area contributed by atoms with Gasteiger partial charge in [0.1, 0.15) is 0 Å². The van der Waals surface area contributed by atoms with Gasteiger partial charge in [0, 0.05) is 0 Å². The topological polar surface area (TPSA) is 0 Å². The lowest BCUT2D eigenvalue weighted by atomic mass is 9.82. The van der Waals surface area contributed by atoms with E-state index in [1.165, 1.54) is 166 Å². The third kappa shape index (κ3) is 7.43. The van der Waals surface area contributed by atoms with E-state index in [4.69, 9.17) is 0 Å². The van der Waals surface area contributed by atoms with Crippen LogP contribution in [0.25, 0.3) is 99.1 Å². The lowest BCUT2D eigenvalue weighted by molar-refractivity contribution is 1.33. The molecule has 0 saturated heterocycles. The molecule has 0 spiro atoms. The molecule has 10 aromatic rings. The summed E-state index contributed by atoms with van der Waals surface area (Å²) in [7, 11) is 0. The zero-order valence-electron chi connectivity index (χ0n) is 40.9. The molecule has 0 saturated carbocycles. The van der Waals surface area contributed by atoms with Gasteiger partial charge in [-0.15, -0.1) is 0 Å². The molecule has 0 aliphatic rings. The monoisotopic (exact) mass is 852 g/mol. The standard InChI is InChI=1S/C66H60/c1-37-13-19-49(25-43(37)7)55-31-61-62(32-56(55)50-20-14-38(2)44(8)26-50)64-34-58(52-22-16-40(4)46(10)28-52)60(54-24-18-42(6)48(12)30-54)36-66(64)65-35-59(53-23-17-41(5)47(11)29-53)57(33-63(61)65)51-21-15-39(3)45(9)27-51/h13-36H,1-12H3. The zero-order valence-corrected chi connectivity index (χ0v) is 40.9. The van der Waals surface area contributed by atoms with Crippen molar-refractivity contribution in [2.24, 2.45) is 0 Å². The van der Waals surface area contributed by atoms with Crippen molar-refractivity contribution in [1.29, 1.82) is 0 Å². The number of hydrogen-bond donors (Lipinski definition) is 0. The lowest BCUT2D eigenvalue weighted by Gasteiger charge is -2.22. The van der Waals surface area contributed by atoms with E-state index in [9.17, 15) is 0 Å². The summed E-state index contributed by atoms with van der Waals surface area (Å²) in [4.78, 5) is 0. The van der Waals surface area contributed by atoms with E-state index >= 15 is 0 Å². The van der Waals surface area contributed by atoms with Crippen molar-refractivity contribution in [2.75, 3.05) is 0 Å². The van der Waals surface area contributed by atoms with E-state index < -0.39 is 0 Å². The van der Waals surface area contributed by atoms with Gasteiger partial charge in [-0.1, -0.05) is 109 Å². The van der Waals surface area contributed by atoms with E-state index in [0.717, 1.165) is 0 Å². The van der Waals surface area contributed by atoms with Crippen LogP contribution in [0.4, 0.5) is 0 Å². The van der Waals surface area contributed by atoms with Crippen molar-refractivity contribution >= 4 is 32.3 Å². The Morgan fingerprint density at radius 3 is 0.409 bits per heavy atom. The highest BCUT2D eigenvalue weighted by molar-refractivity contribution is 6.29.